The molecular weight excluding hydrogens is 1010 g/mol. The van der Waals surface area contributed by atoms with Gasteiger partial charge in [-0.05, 0) is 74.4 Å². The van der Waals surface area contributed by atoms with Crippen LogP contribution in [-0.4, -0.2) is 141 Å². The van der Waals surface area contributed by atoms with E-state index in [0.29, 0.717) is 76.6 Å². The van der Waals surface area contributed by atoms with Gasteiger partial charge in [0.25, 0.3) is 17.4 Å². The maximum absolute atomic E-state index is 15.5. The van der Waals surface area contributed by atoms with Crippen molar-refractivity contribution in [3.8, 4) is 11.4 Å². The number of esters is 1. The van der Waals surface area contributed by atoms with Crippen molar-refractivity contribution in [2.24, 2.45) is 5.73 Å². The fraction of sp³-hybridized carbons (Fsp3) is 0.436. The average Bonchev–Trinajstić information content (AvgIpc) is 4.17. The van der Waals surface area contributed by atoms with Crippen molar-refractivity contribution in [3.05, 3.63) is 110 Å². The quantitative estimate of drug-likeness (QED) is 0.0282. The number of aryl methyl sites for hydroxylation is 1. The molecule has 1 aliphatic carbocycles. The van der Waals surface area contributed by atoms with E-state index in [4.69, 9.17) is 15.5 Å². The molecule has 2 aromatic carbocycles. The summed E-state index contributed by atoms with van der Waals surface area (Å²) < 4.78 is 22.2. The molecular formula is C55H63FN10O12. The molecule has 0 bridgehead atoms. The van der Waals surface area contributed by atoms with Crippen LogP contribution in [0.5, 0.6) is 0 Å². The Bertz CT molecular complexity index is 3180. The number of carbonyl (C=O) groups is 9. The molecule has 0 radical (unpaired) electrons. The van der Waals surface area contributed by atoms with E-state index in [1.165, 1.54) is 27.7 Å². The molecule has 22 nitrogen and oxygen atoms in total. The van der Waals surface area contributed by atoms with E-state index >= 15 is 4.39 Å². The lowest BCUT2D eigenvalue weighted by Gasteiger charge is -2.31. The van der Waals surface area contributed by atoms with Crippen LogP contribution in [0.3, 0.4) is 0 Å². The van der Waals surface area contributed by atoms with E-state index in [9.17, 15) is 53.1 Å². The Morgan fingerprint density at radius 1 is 0.897 bits per heavy atom. The molecule has 0 saturated heterocycles. The predicted molar refractivity (Wildman–Crippen MR) is 279 cm³/mol. The third kappa shape index (κ3) is 12.2. The van der Waals surface area contributed by atoms with Gasteiger partial charge in [-0.2, -0.15) is 0 Å². The number of likely N-dealkylation sites (N-methyl/N-ethyl adjacent to an activating group) is 1. The number of amides is 8. The largest absolute Gasteiger partial charge is 0.458 e. The smallest absolute Gasteiger partial charge is 0.343 e. The molecule has 8 amide bonds. The summed E-state index contributed by atoms with van der Waals surface area (Å²) in [5.41, 5.74) is 7.73. The minimum atomic E-state index is -2.05. The highest BCUT2D eigenvalue weighted by atomic mass is 19.1. The van der Waals surface area contributed by atoms with Crippen LogP contribution in [0, 0.1) is 12.7 Å². The standard InChI is InChI=1S/C55H63FN10O12/c1-4-55(77)36-24-41-51-34(28-66(41)52(74)35(36)30-78-54(55)76)50-38(15-14-33-31(2)37(56)25-39(62-51)49(33)50)60-44(69)18-20-63(3)21-22-64(29-42(57)67)53(75)40(23-32-11-7-5-8-12-32)61-46(71)27-59-45(70)26-58-43(68)13-9-6-10-19-65-47(72)16-17-48(65)73/h5,7-8,11-12,16-17,24-25,38,40,77H,4,6,9-10,13-15,18-23,26-30H2,1-3H3,(H2,57,67)(H,58,68)(H,59,70)(H,60,69)(H,61,71)/t38-,40-,55-/m0/s1. The monoisotopic (exact) mass is 1070 g/mol. The highest BCUT2D eigenvalue weighted by Gasteiger charge is 2.46. The van der Waals surface area contributed by atoms with Gasteiger partial charge in [-0.15, -0.1) is 0 Å². The van der Waals surface area contributed by atoms with Crippen molar-refractivity contribution < 1.29 is 57.4 Å². The summed E-state index contributed by atoms with van der Waals surface area (Å²) in [5, 5.41) is 22.9. The molecule has 7 N–H and O–H groups in total. The first-order valence-electron chi connectivity index (χ1n) is 26.0. The number of unbranched alkanes of at least 4 members (excludes halogenated alkanes) is 2. The van der Waals surface area contributed by atoms with Crippen LogP contribution in [0.15, 0.2) is 59.4 Å². The number of carbonyl (C=O) groups excluding carboxylic acids is 9. The van der Waals surface area contributed by atoms with E-state index in [1.807, 2.05) is 0 Å². The second-order valence-electron chi connectivity index (χ2n) is 20.1. The summed E-state index contributed by atoms with van der Waals surface area (Å²) in [4.78, 5) is 138. The summed E-state index contributed by atoms with van der Waals surface area (Å²) in [7, 11) is 1.73. The summed E-state index contributed by atoms with van der Waals surface area (Å²) >= 11 is 0. The maximum Gasteiger partial charge on any atom is 0.343 e. The number of hydrogen-bond donors (Lipinski definition) is 6. The second kappa shape index (κ2) is 24.0. The van der Waals surface area contributed by atoms with Gasteiger partial charge in [0.1, 0.15) is 18.5 Å². The third-order valence-corrected chi connectivity index (χ3v) is 14.8. The molecule has 4 aromatic rings. The maximum atomic E-state index is 15.5. The van der Waals surface area contributed by atoms with Crippen LogP contribution in [0.1, 0.15) is 96.9 Å². The number of benzene rings is 2. The van der Waals surface area contributed by atoms with Gasteiger partial charge in [0.15, 0.2) is 5.60 Å². The Balaban J connectivity index is 0.870. The molecule has 78 heavy (non-hydrogen) atoms. The molecule has 3 aliphatic heterocycles. The van der Waals surface area contributed by atoms with Crippen molar-refractivity contribution in [3.63, 3.8) is 0 Å². The Hall–Kier alpha value is -8.18. The average molecular weight is 1080 g/mol. The predicted octanol–water partition coefficient (Wildman–Crippen LogP) is 0.712. The van der Waals surface area contributed by atoms with Crippen molar-refractivity contribution in [1.82, 2.24) is 45.5 Å². The first-order valence-corrected chi connectivity index (χ1v) is 26.0. The Morgan fingerprint density at radius 3 is 2.33 bits per heavy atom. The number of halogens is 1. The topological polar surface area (TPSA) is 302 Å². The molecule has 4 aliphatic rings. The van der Waals surface area contributed by atoms with Gasteiger partial charge in [0.2, 0.25) is 35.4 Å². The van der Waals surface area contributed by atoms with E-state index in [-0.39, 0.29) is 93.9 Å². The molecule has 23 heteroatoms. The van der Waals surface area contributed by atoms with Gasteiger partial charge < -0.3 is 51.2 Å². The van der Waals surface area contributed by atoms with Crippen molar-refractivity contribution in [2.45, 2.75) is 102 Å². The van der Waals surface area contributed by atoms with Crippen LogP contribution in [0.25, 0.3) is 22.3 Å². The number of rotatable bonds is 24. The number of imide groups is 1. The van der Waals surface area contributed by atoms with Crippen LogP contribution >= 0.6 is 0 Å². The van der Waals surface area contributed by atoms with Crippen LogP contribution in [-0.2, 0) is 79.5 Å². The molecule has 5 heterocycles. The number of nitrogens with one attached hydrogen (secondary N) is 4. The number of ether oxygens (including phenoxy) is 1. The van der Waals surface area contributed by atoms with Gasteiger partial charge in [-0.1, -0.05) is 43.7 Å². The summed E-state index contributed by atoms with van der Waals surface area (Å²) in [6.45, 7) is 2.25. The number of nitrogens with zero attached hydrogens (tertiary/aromatic N) is 5. The van der Waals surface area contributed by atoms with Crippen LogP contribution < -0.4 is 32.6 Å². The van der Waals surface area contributed by atoms with Crippen molar-refractivity contribution >= 4 is 64.1 Å². The van der Waals surface area contributed by atoms with E-state index in [0.717, 1.165) is 10.5 Å². The number of aliphatic hydroxyl groups is 1. The number of nitrogens with two attached hydrogens (primary N) is 1. The lowest BCUT2D eigenvalue weighted by molar-refractivity contribution is -0.172. The van der Waals surface area contributed by atoms with Gasteiger partial charge in [0, 0.05) is 80.2 Å². The molecule has 0 unspecified atom stereocenters. The first-order chi connectivity index (χ1) is 37.3. The van der Waals surface area contributed by atoms with Gasteiger partial charge >= 0.3 is 5.97 Å². The van der Waals surface area contributed by atoms with Gasteiger partial charge in [-0.25, -0.2) is 14.2 Å². The fourth-order valence-electron chi connectivity index (χ4n) is 10.5. The number of pyridine rings is 2. The molecule has 0 spiro atoms. The highest BCUT2D eigenvalue weighted by Crippen LogP contribution is 2.46. The normalized spacial score (nSPS) is 17.3. The molecule has 0 saturated carbocycles. The third-order valence-electron chi connectivity index (χ3n) is 14.8. The van der Waals surface area contributed by atoms with Gasteiger partial charge in [0.05, 0.1) is 54.7 Å². The van der Waals surface area contributed by atoms with Gasteiger partial charge in [-0.3, -0.25) is 48.1 Å². The lowest BCUT2D eigenvalue weighted by atomic mass is 9.81. The van der Waals surface area contributed by atoms with E-state index in [2.05, 4.69) is 21.3 Å². The number of aromatic nitrogens is 2. The molecule has 3 atom stereocenters. The van der Waals surface area contributed by atoms with Crippen molar-refractivity contribution in [1.29, 1.82) is 0 Å². The highest BCUT2D eigenvalue weighted by molar-refractivity contribution is 6.12. The molecule has 412 valence electrons. The van der Waals surface area contributed by atoms with Crippen LogP contribution in [0.4, 0.5) is 4.39 Å². The van der Waals surface area contributed by atoms with Crippen molar-refractivity contribution in [2.75, 3.05) is 52.9 Å². The Labute approximate surface area is 447 Å². The van der Waals surface area contributed by atoms with E-state index in [1.54, 1.807) is 62.2 Å². The number of primary amides is 1. The summed E-state index contributed by atoms with van der Waals surface area (Å²) in [6.07, 6.45) is 4.89. The van der Waals surface area contributed by atoms with Crippen LogP contribution in [0.2, 0.25) is 0 Å². The summed E-state index contributed by atoms with van der Waals surface area (Å²) in [5.74, 6) is -5.58. The SMILES string of the molecule is CC[C@@]1(O)C(=O)OCc2c1cc1n(c2=O)Cc2c-1nc1cc(F)c(C)c3c1c2[C@@H](NC(=O)CCN(C)CCN(CC(N)=O)C(=O)[C@H](Cc1ccccc1)NC(=O)CNC(=O)CNC(=O)CCCCCN1C(=O)C=CC1=O)CC3. The minimum Gasteiger partial charge on any atom is -0.458 e. The number of cyclic esters (lactones) is 1. The fourth-order valence-corrected chi connectivity index (χ4v) is 10.5. The minimum absolute atomic E-state index is 0.00588. The number of hydrogen-bond acceptors (Lipinski definition) is 14. The Morgan fingerprint density at radius 2 is 1.62 bits per heavy atom. The van der Waals surface area contributed by atoms with E-state index < -0.39 is 84.2 Å². The molecule has 8 rings (SSSR count). The zero-order valence-electron chi connectivity index (χ0n) is 43.7. The molecule has 0 fully saturated rings. The first kappa shape index (κ1) is 56.0. The molecule has 2 aromatic heterocycles. The zero-order valence-corrected chi connectivity index (χ0v) is 43.7. The Kier molecular flexibility index (Phi) is 17.2. The summed E-state index contributed by atoms with van der Waals surface area (Å²) in [6, 6.07) is 10.0. The second-order valence-corrected chi connectivity index (χ2v) is 20.1. The lowest BCUT2D eigenvalue weighted by Crippen LogP contribution is -2.54. The zero-order chi connectivity index (χ0) is 56.0. The number of fused-ring (bicyclic) bond motifs is 5.